The van der Waals surface area contributed by atoms with Gasteiger partial charge in [-0.05, 0) is 42.9 Å². The maximum absolute atomic E-state index is 5.66. The van der Waals surface area contributed by atoms with Crippen LogP contribution in [0.5, 0.6) is 5.75 Å². The third-order valence-corrected chi connectivity index (χ3v) is 2.70. The SMILES string of the molecule is COCCc1ccc(OCC2CC2)cc1. The molecule has 1 aliphatic carbocycles. The molecule has 82 valence electrons. The molecule has 1 saturated carbocycles. The van der Waals surface area contributed by atoms with Crippen molar-refractivity contribution in [2.45, 2.75) is 19.3 Å². The summed E-state index contributed by atoms with van der Waals surface area (Å²) >= 11 is 0. The molecule has 2 heteroatoms. The zero-order chi connectivity index (χ0) is 10.5. The van der Waals surface area contributed by atoms with Gasteiger partial charge in [-0.15, -0.1) is 0 Å². The Morgan fingerprint density at radius 3 is 2.53 bits per heavy atom. The first-order valence-corrected chi connectivity index (χ1v) is 5.59. The van der Waals surface area contributed by atoms with Crippen LogP contribution in [0.3, 0.4) is 0 Å². The Balaban J connectivity index is 1.79. The third-order valence-electron chi connectivity index (χ3n) is 2.70. The molecule has 15 heavy (non-hydrogen) atoms. The molecule has 0 amide bonds. The Hall–Kier alpha value is -1.02. The summed E-state index contributed by atoms with van der Waals surface area (Å²) in [7, 11) is 1.73. The van der Waals surface area contributed by atoms with Crippen LogP contribution in [0.2, 0.25) is 0 Å². The number of ether oxygens (including phenoxy) is 2. The van der Waals surface area contributed by atoms with E-state index >= 15 is 0 Å². The van der Waals surface area contributed by atoms with Gasteiger partial charge in [0.1, 0.15) is 5.75 Å². The number of benzene rings is 1. The number of hydrogen-bond donors (Lipinski definition) is 0. The van der Waals surface area contributed by atoms with Crippen LogP contribution in [0.1, 0.15) is 18.4 Å². The molecule has 1 aromatic rings. The van der Waals surface area contributed by atoms with Crippen LogP contribution < -0.4 is 4.74 Å². The Bertz CT molecular complexity index is 288. The highest BCUT2D eigenvalue weighted by atomic mass is 16.5. The molecule has 0 radical (unpaired) electrons. The van der Waals surface area contributed by atoms with Crippen LogP contribution in [0.15, 0.2) is 24.3 Å². The van der Waals surface area contributed by atoms with E-state index in [0.717, 1.165) is 31.3 Å². The summed E-state index contributed by atoms with van der Waals surface area (Å²) in [5, 5.41) is 0. The van der Waals surface area contributed by atoms with Gasteiger partial charge >= 0.3 is 0 Å². The summed E-state index contributed by atoms with van der Waals surface area (Å²) in [6.07, 6.45) is 3.65. The highest BCUT2D eigenvalue weighted by Gasteiger charge is 2.21. The maximum Gasteiger partial charge on any atom is 0.119 e. The third kappa shape index (κ3) is 3.56. The number of hydrogen-bond acceptors (Lipinski definition) is 2. The molecule has 1 aromatic carbocycles. The second-order valence-corrected chi connectivity index (χ2v) is 4.14. The van der Waals surface area contributed by atoms with Gasteiger partial charge in [0, 0.05) is 7.11 Å². The fourth-order valence-electron chi connectivity index (χ4n) is 1.47. The van der Waals surface area contributed by atoms with Crippen molar-refractivity contribution in [2.24, 2.45) is 5.92 Å². The van der Waals surface area contributed by atoms with Gasteiger partial charge < -0.3 is 9.47 Å². The first kappa shape index (κ1) is 10.5. The van der Waals surface area contributed by atoms with Gasteiger partial charge in [-0.2, -0.15) is 0 Å². The fourth-order valence-corrected chi connectivity index (χ4v) is 1.47. The van der Waals surface area contributed by atoms with Gasteiger partial charge in [-0.1, -0.05) is 12.1 Å². The standard InChI is InChI=1S/C13H18O2/c1-14-9-8-11-4-6-13(7-5-11)15-10-12-2-3-12/h4-7,12H,2-3,8-10H2,1H3. The Labute approximate surface area is 91.2 Å². The lowest BCUT2D eigenvalue weighted by Gasteiger charge is -2.06. The normalized spacial score (nSPS) is 15.3. The summed E-state index contributed by atoms with van der Waals surface area (Å²) < 4.78 is 10.7. The van der Waals surface area contributed by atoms with Gasteiger partial charge in [0.2, 0.25) is 0 Å². The lowest BCUT2D eigenvalue weighted by Crippen LogP contribution is -1.99. The van der Waals surface area contributed by atoms with Crippen LogP contribution in [0.25, 0.3) is 0 Å². The van der Waals surface area contributed by atoms with E-state index < -0.39 is 0 Å². The molecule has 0 aromatic heterocycles. The van der Waals surface area contributed by atoms with Crippen molar-refractivity contribution >= 4 is 0 Å². The van der Waals surface area contributed by atoms with Crippen molar-refractivity contribution in [3.63, 3.8) is 0 Å². The second-order valence-electron chi connectivity index (χ2n) is 4.14. The molecule has 0 aliphatic heterocycles. The van der Waals surface area contributed by atoms with Gasteiger partial charge in [0.15, 0.2) is 0 Å². The topological polar surface area (TPSA) is 18.5 Å². The minimum Gasteiger partial charge on any atom is -0.493 e. The molecule has 0 heterocycles. The average Bonchev–Trinajstić information content (AvgIpc) is 3.09. The van der Waals surface area contributed by atoms with Crippen LogP contribution in [-0.2, 0) is 11.2 Å². The van der Waals surface area contributed by atoms with E-state index in [0.29, 0.717) is 0 Å². The van der Waals surface area contributed by atoms with Crippen molar-refractivity contribution in [3.05, 3.63) is 29.8 Å². The lowest BCUT2D eigenvalue weighted by molar-refractivity contribution is 0.202. The van der Waals surface area contributed by atoms with Crippen molar-refractivity contribution in [2.75, 3.05) is 20.3 Å². The smallest absolute Gasteiger partial charge is 0.119 e. The average molecular weight is 206 g/mol. The van der Waals surface area contributed by atoms with E-state index in [4.69, 9.17) is 9.47 Å². The van der Waals surface area contributed by atoms with Crippen molar-refractivity contribution in [3.8, 4) is 5.75 Å². The largest absolute Gasteiger partial charge is 0.493 e. The van der Waals surface area contributed by atoms with Crippen LogP contribution in [0.4, 0.5) is 0 Å². The van der Waals surface area contributed by atoms with Crippen molar-refractivity contribution < 1.29 is 9.47 Å². The first-order chi connectivity index (χ1) is 7.38. The molecular weight excluding hydrogens is 188 g/mol. The fraction of sp³-hybridized carbons (Fsp3) is 0.538. The van der Waals surface area contributed by atoms with Crippen LogP contribution >= 0.6 is 0 Å². The molecule has 0 saturated heterocycles. The Morgan fingerprint density at radius 1 is 1.20 bits per heavy atom. The molecule has 0 spiro atoms. The molecule has 0 atom stereocenters. The highest BCUT2D eigenvalue weighted by molar-refractivity contribution is 5.27. The van der Waals surface area contributed by atoms with E-state index in [1.165, 1.54) is 18.4 Å². The monoisotopic (exact) mass is 206 g/mol. The predicted molar refractivity (Wildman–Crippen MR) is 60.2 cm³/mol. The zero-order valence-corrected chi connectivity index (χ0v) is 9.24. The quantitative estimate of drug-likeness (QED) is 0.712. The van der Waals surface area contributed by atoms with E-state index in [9.17, 15) is 0 Å². The first-order valence-electron chi connectivity index (χ1n) is 5.59. The van der Waals surface area contributed by atoms with E-state index in [-0.39, 0.29) is 0 Å². The Morgan fingerprint density at radius 2 is 1.93 bits per heavy atom. The summed E-state index contributed by atoms with van der Waals surface area (Å²) in [6, 6.07) is 8.32. The van der Waals surface area contributed by atoms with Gasteiger partial charge in [-0.25, -0.2) is 0 Å². The molecule has 0 unspecified atom stereocenters. The Kier molecular flexibility index (Phi) is 3.62. The molecule has 2 nitrogen and oxygen atoms in total. The van der Waals surface area contributed by atoms with Gasteiger partial charge in [-0.3, -0.25) is 0 Å². The summed E-state index contributed by atoms with van der Waals surface area (Å²) in [4.78, 5) is 0. The van der Waals surface area contributed by atoms with Crippen molar-refractivity contribution in [1.29, 1.82) is 0 Å². The molecule has 1 aliphatic rings. The number of rotatable bonds is 6. The minimum atomic E-state index is 0.780. The summed E-state index contributed by atoms with van der Waals surface area (Å²) in [6.45, 7) is 1.67. The molecule has 2 rings (SSSR count). The lowest BCUT2D eigenvalue weighted by atomic mass is 10.1. The van der Waals surface area contributed by atoms with E-state index in [1.54, 1.807) is 7.11 Å². The van der Waals surface area contributed by atoms with E-state index in [1.807, 2.05) is 12.1 Å². The summed E-state index contributed by atoms with van der Waals surface area (Å²) in [5.41, 5.74) is 1.30. The van der Waals surface area contributed by atoms with Gasteiger partial charge in [0.05, 0.1) is 13.2 Å². The summed E-state index contributed by atoms with van der Waals surface area (Å²) in [5.74, 6) is 1.81. The zero-order valence-electron chi connectivity index (χ0n) is 9.24. The van der Waals surface area contributed by atoms with Crippen LogP contribution in [-0.4, -0.2) is 20.3 Å². The highest BCUT2D eigenvalue weighted by Crippen LogP contribution is 2.29. The molecular formula is C13H18O2. The number of methoxy groups -OCH3 is 1. The maximum atomic E-state index is 5.66. The predicted octanol–water partition coefficient (Wildman–Crippen LogP) is 2.66. The van der Waals surface area contributed by atoms with Gasteiger partial charge in [0.25, 0.3) is 0 Å². The second kappa shape index (κ2) is 5.17. The molecule has 0 bridgehead atoms. The molecule has 0 N–H and O–H groups in total. The minimum absolute atomic E-state index is 0.780. The van der Waals surface area contributed by atoms with E-state index in [2.05, 4.69) is 12.1 Å². The van der Waals surface area contributed by atoms with Crippen LogP contribution in [0, 0.1) is 5.92 Å². The molecule has 1 fully saturated rings. The van der Waals surface area contributed by atoms with Crippen molar-refractivity contribution in [1.82, 2.24) is 0 Å².